The van der Waals surface area contributed by atoms with E-state index in [0.717, 1.165) is 27.1 Å². The van der Waals surface area contributed by atoms with Gasteiger partial charge in [-0.25, -0.2) is 9.50 Å². The first-order valence-corrected chi connectivity index (χ1v) is 7.29. The second-order valence-corrected chi connectivity index (χ2v) is 5.82. The third-order valence-electron chi connectivity index (χ3n) is 2.90. The topological polar surface area (TPSA) is 42.2 Å². The van der Waals surface area contributed by atoms with Crippen LogP contribution in [0.4, 0.5) is 5.69 Å². The van der Waals surface area contributed by atoms with E-state index >= 15 is 0 Å². The maximum atomic E-state index is 5.99. The second-order valence-electron chi connectivity index (χ2n) is 4.53. The Balaban J connectivity index is 1.80. The fourth-order valence-corrected chi connectivity index (χ4v) is 2.51. The summed E-state index contributed by atoms with van der Waals surface area (Å²) >= 11 is 9.48. The van der Waals surface area contributed by atoms with Crippen LogP contribution in [0, 0.1) is 6.92 Å². The number of hydrogen-bond acceptors (Lipinski definition) is 3. The van der Waals surface area contributed by atoms with E-state index in [9.17, 15) is 0 Å². The van der Waals surface area contributed by atoms with Gasteiger partial charge in [-0.3, -0.25) is 0 Å². The average Bonchev–Trinajstić information content (AvgIpc) is 2.79. The molecule has 20 heavy (non-hydrogen) atoms. The molecule has 0 saturated heterocycles. The van der Waals surface area contributed by atoms with E-state index in [1.165, 1.54) is 0 Å². The van der Waals surface area contributed by atoms with Gasteiger partial charge in [0, 0.05) is 40.1 Å². The lowest BCUT2D eigenvalue weighted by molar-refractivity contribution is 0.895. The highest BCUT2D eigenvalue weighted by Gasteiger charge is 2.03. The number of rotatable bonds is 3. The van der Waals surface area contributed by atoms with Crippen molar-refractivity contribution in [1.29, 1.82) is 0 Å². The van der Waals surface area contributed by atoms with Crippen LogP contribution in [-0.4, -0.2) is 14.6 Å². The number of anilines is 1. The van der Waals surface area contributed by atoms with Crippen molar-refractivity contribution in [3.05, 3.63) is 57.4 Å². The van der Waals surface area contributed by atoms with Gasteiger partial charge in [0.25, 0.3) is 0 Å². The zero-order chi connectivity index (χ0) is 14.1. The molecule has 6 heteroatoms. The molecular weight excluding hydrogens is 340 g/mol. The molecule has 0 unspecified atom stereocenters. The van der Waals surface area contributed by atoms with Crippen molar-refractivity contribution < 1.29 is 0 Å². The second kappa shape index (κ2) is 5.42. The van der Waals surface area contributed by atoms with Crippen molar-refractivity contribution in [3.8, 4) is 0 Å². The van der Waals surface area contributed by atoms with Crippen LogP contribution in [0.1, 0.15) is 11.3 Å². The summed E-state index contributed by atoms with van der Waals surface area (Å²) in [4.78, 5) is 4.38. The maximum Gasteiger partial charge on any atom is 0.155 e. The van der Waals surface area contributed by atoms with Crippen molar-refractivity contribution in [1.82, 2.24) is 14.6 Å². The van der Waals surface area contributed by atoms with Gasteiger partial charge in [0.05, 0.1) is 11.4 Å². The Morgan fingerprint density at radius 1 is 1.35 bits per heavy atom. The van der Waals surface area contributed by atoms with Gasteiger partial charge in [0.1, 0.15) is 0 Å². The molecule has 2 aromatic heterocycles. The number of fused-ring (bicyclic) bond motifs is 1. The Morgan fingerprint density at radius 3 is 3.05 bits per heavy atom. The molecule has 1 N–H and O–H groups in total. The smallest absolute Gasteiger partial charge is 0.155 e. The van der Waals surface area contributed by atoms with E-state index in [1.54, 1.807) is 4.52 Å². The van der Waals surface area contributed by atoms with Gasteiger partial charge in [-0.15, -0.1) is 0 Å². The van der Waals surface area contributed by atoms with Crippen molar-refractivity contribution >= 4 is 38.9 Å². The zero-order valence-electron chi connectivity index (χ0n) is 10.8. The number of aromatic nitrogens is 3. The summed E-state index contributed by atoms with van der Waals surface area (Å²) in [6, 6.07) is 7.60. The number of nitrogens with one attached hydrogen (secondary N) is 1. The van der Waals surface area contributed by atoms with Gasteiger partial charge in [-0.2, -0.15) is 5.10 Å². The van der Waals surface area contributed by atoms with Gasteiger partial charge >= 0.3 is 0 Å². The number of hydrogen-bond donors (Lipinski definition) is 1. The summed E-state index contributed by atoms with van der Waals surface area (Å²) in [6.45, 7) is 2.61. The molecule has 0 saturated carbocycles. The van der Waals surface area contributed by atoms with Crippen molar-refractivity contribution in [3.63, 3.8) is 0 Å². The fraction of sp³-hybridized carbons (Fsp3) is 0.143. The summed E-state index contributed by atoms with van der Waals surface area (Å²) in [5.41, 5.74) is 3.82. The molecule has 2 heterocycles. The first kappa shape index (κ1) is 13.4. The van der Waals surface area contributed by atoms with E-state index in [-0.39, 0.29) is 0 Å². The van der Waals surface area contributed by atoms with Crippen LogP contribution in [0.15, 0.2) is 41.1 Å². The normalized spacial score (nSPS) is 10.9. The molecule has 102 valence electrons. The SMILES string of the molecule is Cc1cc2ncc(CNc3cc(Cl)ccc3Br)cn2n1. The van der Waals surface area contributed by atoms with E-state index in [0.29, 0.717) is 11.6 Å². The van der Waals surface area contributed by atoms with Crippen LogP contribution in [0.2, 0.25) is 5.02 Å². The monoisotopic (exact) mass is 350 g/mol. The lowest BCUT2D eigenvalue weighted by Crippen LogP contribution is -2.03. The Morgan fingerprint density at radius 2 is 2.20 bits per heavy atom. The minimum absolute atomic E-state index is 0.654. The van der Waals surface area contributed by atoms with Crippen LogP contribution in [0.25, 0.3) is 5.65 Å². The first-order valence-electron chi connectivity index (χ1n) is 6.12. The number of aryl methyl sites for hydroxylation is 1. The predicted octanol–water partition coefficient (Wildman–Crippen LogP) is 4.07. The molecule has 0 aliphatic carbocycles. The molecule has 0 aliphatic rings. The lowest BCUT2D eigenvalue weighted by Gasteiger charge is -2.09. The van der Waals surface area contributed by atoms with Crippen LogP contribution >= 0.6 is 27.5 Å². The summed E-state index contributed by atoms with van der Waals surface area (Å²) < 4.78 is 2.77. The summed E-state index contributed by atoms with van der Waals surface area (Å²) in [5.74, 6) is 0. The summed E-state index contributed by atoms with van der Waals surface area (Å²) in [5, 5.41) is 8.39. The molecular formula is C14H12BrClN4. The minimum Gasteiger partial charge on any atom is -0.380 e. The molecule has 3 rings (SSSR count). The Kier molecular flexibility index (Phi) is 3.63. The molecule has 3 aromatic rings. The fourth-order valence-electron chi connectivity index (χ4n) is 1.96. The highest BCUT2D eigenvalue weighted by atomic mass is 79.9. The van der Waals surface area contributed by atoms with Crippen LogP contribution < -0.4 is 5.32 Å². The highest BCUT2D eigenvalue weighted by molar-refractivity contribution is 9.10. The maximum absolute atomic E-state index is 5.99. The highest BCUT2D eigenvalue weighted by Crippen LogP contribution is 2.26. The average molecular weight is 352 g/mol. The van der Waals surface area contributed by atoms with Crippen molar-refractivity contribution in [2.75, 3.05) is 5.32 Å². The van der Waals surface area contributed by atoms with Gasteiger partial charge < -0.3 is 5.32 Å². The number of nitrogens with zero attached hydrogens (tertiary/aromatic N) is 3. The Hall–Kier alpha value is -1.59. The molecule has 0 aliphatic heterocycles. The third-order valence-corrected chi connectivity index (χ3v) is 3.83. The predicted molar refractivity (Wildman–Crippen MR) is 84.2 cm³/mol. The molecule has 0 spiro atoms. The largest absolute Gasteiger partial charge is 0.380 e. The van der Waals surface area contributed by atoms with Crippen molar-refractivity contribution in [2.45, 2.75) is 13.5 Å². The van der Waals surface area contributed by atoms with Gasteiger partial charge in [-0.05, 0) is 41.1 Å². The first-order chi connectivity index (χ1) is 9.61. The van der Waals surface area contributed by atoms with Crippen LogP contribution in [0.3, 0.4) is 0 Å². The summed E-state index contributed by atoms with van der Waals surface area (Å²) in [6.07, 6.45) is 3.82. The van der Waals surface area contributed by atoms with E-state index in [2.05, 4.69) is 31.3 Å². The minimum atomic E-state index is 0.654. The van der Waals surface area contributed by atoms with Gasteiger partial charge in [0.2, 0.25) is 0 Å². The Bertz CT molecular complexity index is 769. The van der Waals surface area contributed by atoms with E-state index in [1.807, 2.05) is 43.6 Å². The Labute approximate surface area is 129 Å². The van der Waals surface area contributed by atoms with E-state index in [4.69, 9.17) is 11.6 Å². The van der Waals surface area contributed by atoms with Crippen LogP contribution in [0.5, 0.6) is 0 Å². The molecule has 4 nitrogen and oxygen atoms in total. The number of benzene rings is 1. The van der Waals surface area contributed by atoms with Gasteiger partial charge in [0.15, 0.2) is 5.65 Å². The molecule has 0 atom stereocenters. The summed E-state index contributed by atoms with van der Waals surface area (Å²) in [7, 11) is 0. The van der Waals surface area contributed by atoms with Crippen molar-refractivity contribution in [2.24, 2.45) is 0 Å². The molecule has 0 fully saturated rings. The van der Waals surface area contributed by atoms with Gasteiger partial charge in [-0.1, -0.05) is 11.6 Å². The standard InChI is InChI=1S/C14H12BrClN4/c1-9-4-14-18-7-10(8-20(14)19-9)6-17-13-5-11(16)2-3-12(13)15/h2-5,7-8,17H,6H2,1H3. The zero-order valence-corrected chi connectivity index (χ0v) is 13.1. The lowest BCUT2D eigenvalue weighted by atomic mass is 10.3. The third kappa shape index (κ3) is 2.78. The number of halogens is 2. The quantitative estimate of drug-likeness (QED) is 0.773. The van der Waals surface area contributed by atoms with E-state index < -0.39 is 0 Å². The van der Waals surface area contributed by atoms with Crippen LogP contribution in [-0.2, 0) is 6.54 Å². The molecule has 1 aromatic carbocycles. The molecule has 0 bridgehead atoms. The molecule has 0 radical (unpaired) electrons. The molecule has 0 amide bonds.